The number of nitrogens with one attached hydrogen (secondary N) is 1. The largest absolute Gasteiger partial charge is 0.334 e. The van der Waals surface area contributed by atoms with Gasteiger partial charge in [-0.3, -0.25) is 10.1 Å². The highest BCUT2D eigenvalue weighted by Gasteiger charge is 2.23. The van der Waals surface area contributed by atoms with E-state index < -0.39 is 4.92 Å². The van der Waals surface area contributed by atoms with E-state index in [1.54, 1.807) is 19.1 Å². The van der Waals surface area contributed by atoms with Gasteiger partial charge in [0.2, 0.25) is 0 Å². The van der Waals surface area contributed by atoms with Crippen molar-refractivity contribution in [2.45, 2.75) is 25.8 Å². The predicted octanol–water partition coefficient (Wildman–Crippen LogP) is 2.38. The summed E-state index contributed by atoms with van der Waals surface area (Å²) in [7, 11) is 0. The molecule has 0 bridgehead atoms. The Morgan fingerprint density at radius 1 is 1.50 bits per heavy atom. The van der Waals surface area contributed by atoms with E-state index in [4.69, 9.17) is 4.52 Å². The fraction of sp³-hybridized carbons (Fsp3) is 0.385. The molecule has 20 heavy (non-hydrogen) atoms. The number of aromatic nitrogens is 2. The van der Waals surface area contributed by atoms with E-state index in [2.05, 4.69) is 15.5 Å². The van der Waals surface area contributed by atoms with Crippen LogP contribution in [-0.4, -0.2) is 21.6 Å². The van der Waals surface area contributed by atoms with E-state index in [0.717, 1.165) is 19.4 Å². The summed E-state index contributed by atoms with van der Waals surface area (Å²) in [6.07, 6.45) is 2.07. The number of nitro groups is 1. The second kappa shape index (κ2) is 5.01. The van der Waals surface area contributed by atoms with Gasteiger partial charge in [0.15, 0.2) is 5.82 Å². The van der Waals surface area contributed by atoms with Gasteiger partial charge in [0, 0.05) is 17.2 Å². The summed E-state index contributed by atoms with van der Waals surface area (Å²) in [6, 6.07) is 5.02. The first-order valence-corrected chi connectivity index (χ1v) is 6.47. The van der Waals surface area contributed by atoms with E-state index in [9.17, 15) is 10.1 Å². The van der Waals surface area contributed by atoms with Crippen LogP contribution in [0.4, 0.5) is 5.69 Å². The standard InChI is InChI=1S/C13H14N4O3/c1-8-4-5-9(7-11(8)17(18)19)13-15-12(16-20-13)10-3-2-6-14-10/h4-5,7,10,14H,2-3,6H2,1H3. The third-order valence-corrected chi connectivity index (χ3v) is 3.47. The maximum absolute atomic E-state index is 10.9. The summed E-state index contributed by atoms with van der Waals surface area (Å²) >= 11 is 0. The summed E-state index contributed by atoms with van der Waals surface area (Å²) in [6.45, 7) is 2.65. The summed E-state index contributed by atoms with van der Waals surface area (Å²) in [5.41, 5.74) is 1.23. The Morgan fingerprint density at radius 2 is 2.35 bits per heavy atom. The molecule has 1 aliphatic rings. The zero-order valence-corrected chi connectivity index (χ0v) is 11.0. The molecule has 7 heteroatoms. The average molecular weight is 274 g/mol. The second-order valence-electron chi connectivity index (χ2n) is 4.87. The molecule has 1 aromatic heterocycles. The molecule has 0 radical (unpaired) electrons. The molecule has 0 spiro atoms. The maximum atomic E-state index is 10.9. The molecule has 0 saturated carbocycles. The van der Waals surface area contributed by atoms with E-state index in [-0.39, 0.29) is 11.7 Å². The van der Waals surface area contributed by atoms with Gasteiger partial charge < -0.3 is 9.84 Å². The van der Waals surface area contributed by atoms with Crippen molar-refractivity contribution in [1.29, 1.82) is 0 Å². The Bertz CT molecular complexity index is 647. The van der Waals surface area contributed by atoms with Crippen LogP contribution >= 0.6 is 0 Å². The van der Waals surface area contributed by atoms with Crippen LogP contribution in [0.15, 0.2) is 22.7 Å². The highest BCUT2D eigenvalue weighted by molar-refractivity contribution is 5.59. The summed E-state index contributed by atoms with van der Waals surface area (Å²) in [4.78, 5) is 14.9. The Balaban J connectivity index is 1.93. The summed E-state index contributed by atoms with van der Waals surface area (Å²) < 4.78 is 5.21. The van der Waals surface area contributed by atoms with Gasteiger partial charge in [-0.2, -0.15) is 4.98 Å². The Hall–Kier alpha value is -2.28. The van der Waals surface area contributed by atoms with Crippen molar-refractivity contribution in [3.8, 4) is 11.5 Å². The molecular weight excluding hydrogens is 260 g/mol. The fourth-order valence-electron chi connectivity index (χ4n) is 2.34. The van der Waals surface area contributed by atoms with Crippen LogP contribution in [0.1, 0.15) is 30.3 Å². The zero-order valence-electron chi connectivity index (χ0n) is 11.0. The van der Waals surface area contributed by atoms with Crippen LogP contribution in [0.5, 0.6) is 0 Å². The van der Waals surface area contributed by atoms with Crippen LogP contribution < -0.4 is 5.32 Å². The monoisotopic (exact) mass is 274 g/mol. The number of nitrogens with zero attached hydrogens (tertiary/aromatic N) is 3. The number of hydrogen-bond donors (Lipinski definition) is 1. The van der Waals surface area contributed by atoms with Crippen molar-refractivity contribution >= 4 is 5.69 Å². The number of benzene rings is 1. The third-order valence-electron chi connectivity index (χ3n) is 3.47. The lowest BCUT2D eigenvalue weighted by Gasteiger charge is -2.01. The summed E-state index contributed by atoms with van der Waals surface area (Å²) in [5, 5.41) is 18.2. The van der Waals surface area contributed by atoms with Crippen molar-refractivity contribution in [2.24, 2.45) is 0 Å². The van der Waals surface area contributed by atoms with Crippen LogP contribution in [0.2, 0.25) is 0 Å². The Labute approximate surface area is 115 Å². The van der Waals surface area contributed by atoms with Gasteiger partial charge in [0.05, 0.1) is 11.0 Å². The minimum Gasteiger partial charge on any atom is -0.334 e. The van der Waals surface area contributed by atoms with E-state index in [0.29, 0.717) is 22.8 Å². The van der Waals surface area contributed by atoms with Gasteiger partial charge in [0.25, 0.3) is 11.6 Å². The predicted molar refractivity (Wildman–Crippen MR) is 71.1 cm³/mol. The fourth-order valence-corrected chi connectivity index (χ4v) is 2.34. The van der Waals surface area contributed by atoms with Gasteiger partial charge >= 0.3 is 0 Å². The second-order valence-corrected chi connectivity index (χ2v) is 4.87. The van der Waals surface area contributed by atoms with Crippen molar-refractivity contribution in [1.82, 2.24) is 15.5 Å². The van der Waals surface area contributed by atoms with Crippen LogP contribution in [-0.2, 0) is 0 Å². The van der Waals surface area contributed by atoms with Crippen molar-refractivity contribution in [2.75, 3.05) is 6.54 Å². The van der Waals surface area contributed by atoms with Gasteiger partial charge in [-0.15, -0.1) is 0 Å². The molecule has 0 amide bonds. The summed E-state index contributed by atoms with van der Waals surface area (Å²) in [5.74, 6) is 0.928. The van der Waals surface area contributed by atoms with Crippen LogP contribution in [0, 0.1) is 17.0 Å². The lowest BCUT2D eigenvalue weighted by atomic mass is 10.1. The lowest BCUT2D eigenvalue weighted by molar-refractivity contribution is -0.385. The van der Waals surface area contributed by atoms with E-state index >= 15 is 0 Å². The quantitative estimate of drug-likeness (QED) is 0.682. The molecule has 1 unspecified atom stereocenters. The number of aryl methyl sites for hydroxylation is 1. The molecule has 1 atom stereocenters. The molecule has 1 fully saturated rings. The molecule has 2 aromatic rings. The molecule has 2 heterocycles. The normalized spacial score (nSPS) is 18.4. The first-order chi connectivity index (χ1) is 9.65. The molecule has 104 valence electrons. The number of hydrogen-bond acceptors (Lipinski definition) is 6. The molecule has 1 saturated heterocycles. The minimum atomic E-state index is -0.408. The van der Waals surface area contributed by atoms with Gasteiger partial charge in [0.1, 0.15) is 0 Å². The highest BCUT2D eigenvalue weighted by atomic mass is 16.6. The number of rotatable bonds is 3. The number of nitro benzene ring substituents is 1. The van der Waals surface area contributed by atoms with Gasteiger partial charge in [-0.05, 0) is 32.4 Å². The van der Waals surface area contributed by atoms with Gasteiger partial charge in [-0.25, -0.2) is 0 Å². The molecule has 3 rings (SSSR count). The average Bonchev–Trinajstić information content (AvgIpc) is 3.09. The van der Waals surface area contributed by atoms with Crippen LogP contribution in [0.25, 0.3) is 11.5 Å². The lowest BCUT2D eigenvalue weighted by Crippen LogP contribution is -2.14. The smallest absolute Gasteiger partial charge is 0.273 e. The van der Waals surface area contributed by atoms with E-state index in [1.165, 1.54) is 6.07 Å². The third kappa shape index (κ3) is 2.27. The minimum absolute atomic E-state index is 0.0567. The van der Waals surface area contributed by atoms with Crippen molar-refractivity contribution < 1.29 is 9.45 Å². The van der Waals surface area contributed by atoms with Crippen LogP contribution in [0.3, 0.4) is 0 Å². The molecule has 1 aliphatic heterocycles. The Morgan fingerprint density at radius 3 is 3.05 bits per heavy atom. The van der Waals surface area contributed by atoms with Gasteiger partial charge in [-0.1, -0.05) is 11.2 Å². The molecule has 1 aromatic carbocycles. The van der Waals surface area contributed by atoms with Crippen molar-refractivity contribution in [3.05, 3.63) is 39.7 Å². The molecule has 1 N–H and O–H groups in total. The molecular formula is C13H14N4O3. The van der Waals surface area contributed by atoms with Crippen molar-refractivity contribution in [3.63, 3.8) is 0 Å². The first-order valence-electron chi connectivity index (χ1n) is 6.47. The topological polar surface area (TPSA) is 94.1 Å². The molecule has 0 aliphatic carbocycles. The maximum Gasteiger partial charge on any atom is 0.273 e. The first kappa shape index (κ1) is 12.7. The molecule has 7 nitrogen and oxygen atoms in total. The highest BCUT2D eigenvalue weighted by Crippen LogP contribution is 2.27. The van der Waals surface area contributed by atoms with E-state index in [1.807, 2.05) is 0 Å². The zero-order chi connectivity index (χ0) is 14.1. The SMILES string of the molecule is Cc1ccc(-c2nc(C3CCCN3)no2)cc1[N+](=O)[O-]. The Kier molecular flexibility index (Phi) is 3.19.